The molecule has 3 heteroatoms. The molecule has 18 heavy (non-hydrogen) atoms. The van der Waals surface area contributed by atoms with E-state index in [1.54, 1.807) is 0 Å². The van der Waals surface area contributed by atoms with Crippen molar-refractivity contribution < 1.29 is 9.47 Å². The molecule has 2 fully saturated rings. The van der Waals surface area contributed by atoms with Crippen LogP contribution in [0.25, 0.3) is 0 Å². The van der Waals surface area contributed by atoms with Gasteiger partial charge in [-0.1, -0.05) is 12.1 Å². The molecular weight excluding hydrogens is 226 g/mol. The fraction of sp³-hybridized carbons (Fsp3) is 0.600. The molecule has 1 aliphatic heterocycles. The number of ether oxygens (including phenoxy) is 2. The third kappa shape index (κ3) is 3.47. The normalized spacial score (nSPS) is 23.2. The number of rotatable bonds is 6. The van der Waals surface area contributed by atoms with Crippen molar-refractivity contribution in [3.8, 4) is 5.75 Å². The maximum atomic E-state index is 5.80. The fourth-order valence-electron chi connectivity index (χ4n) is 2.26. The van der Waals surface area contributed by atoms with Crippen LogP contribution < -0.4 is 10.1 Å². The molecule has 0 bridgehead atoms. The Hall–Kier alpha value is -1.06. The lowest BCUT2D eigenvalue weighted by Crippen LogP contribution is -2.17. The summed E-state index contributed by atoms with van der Waals surface area (Å²) in [6.45, 7) is 2.51. The summed E-state index contributed by atoms with van der Waals surface area (Å²) in [6, 6.07) is 9.12. The predicted octanol–water partition coefficient (Wildman–Crippen LogP) is 2.50. The maximum Gasteiger partial charge on any atom is 0.119 e. The Morgan fingerprint density at radius 3 is 3.00 bits per heavy atom. The molecule has 0 amide bonds. The van der Waals surface area contributed by atoms with Gasteiger partial charge in [-0.25, -0.2) is 0 Å². The quantitative estimate of drug-likeness (QED) is 0.838. The van der Waals surface area contributed by atoms with Crippen LogP contribution >= 0.6 is 0 Å². The topological polar surface area (TPSA) is 30.5 Å². The van der Waals surface area contributed by atoms with Gasteiger partial charge in [-0.3, -0.25) is 0 Å². The van der Waals surface area contributed by atoms with Gasteiger partial charge in [0, 0.05) is 19.2 Å². The third-order valence-electron chi connectivity index (χ3n) is 3.53. The summed E-state index contributed by atoms with van der Waals surface area (Å²) in [6.07, 6.45) is 5.24. The van der Waals surface area contributed by atoms with Crippen LogP contribution in [0.4, 0.5) is 0 Å². The molecule has 2 aliphatic rings. The molecule has 1 heterocycles. The van der Waals surface area contributed by atoms with E-state index in [4.69, 9.17) is 9.47 Å². The highest BCUT2D eigenvalue weighted by Gasteiger charge is 2.20. The summed E-state index contributed by atoms with van der Waals surface area (Å²) in [5, 5.41) is 3.52. The average Bonchev–Trinajstić information content (AvgIpc) is 3.09. The Labute approximate surface area is 108 Å². The van der Waals surface area contributed by atoms with Crippen molar-refractivity contribution >= 4 is 0 Å². The molecule has 0 aromatic heterocycles. The second kappa shape index (κ2) is 5.72. The van der Waals surface area contributed by atoms with E-state index >= 15 is 0 Å². The molecule has 3 nitrogen and oxygen atoms in total. The molecule has 1 aromatic carbocycles. The molecule has 0 radical (unpaired) electrons. The van der Waals surface area contributed by atoms with Crippen LogP contribution in [0.1, 0.15) is 31.2 Å². The zero-order chi connectivity index (χ0) is 12.2. The molecule has 1 aromatic rings. The summed E-state index contributed by atoms with van der Waals surface area (Å²) >= 11 is 0. The first-order chi connectivity index (χ1) is 8.90. The Kier molecular flexibility index (Phi) is 3.81. The maximum absolute atomic E-state index is 5.80. The zero-order valence-corrected chi connectivity index (χ0v) is 10.7. The molecule has 1 aliphatic carbocycles. The van der Waals surface area contributed by atoms with Crippen LogP contribution in [-0.2, 0) is 11.3 Å². The van der Waals surface area contributed by atoms with Crippen LogP contribution in [0.15, 0.2) is 24.3 Å². The van der Waals surface area contributed by atoms with E-state index in [0.29, 0.717) is 12.7 Å². The molecule has 1 saturated heterocycles. The van der Waals surface area contributed by atoms with E-state index in [1.807, 2.05) is 6.07 Å². The van der Waals surface area contributed by atoms with Crippen molar-refractivity contribution in [1.82, 2.24) is 5.32 Å². The standard InChI is InChI=1S/C15H21NO2/c1-3-12(10-16-13-6-7-13)9-14(4-1)18-11-15-5-2-8-17-15/h1,3-4,9,13,15-16H,2,5-8,10-11H2. The zero-order valence-electron chi connectivity index (χ0n) is 10.7. The highest BCUT2D eigenvalue weighted by atomic mass is 16.5. The first-order valence-corrected chi connectivity index (χ1v) is 6.97. The van der Waals surface area contributed by atoms with Crippen molar-refractivity contribution in [3.63, 3.8) is 0 Å². The molecule has 1 N–H and O–H groups in total. The van der Waals surface area contributed by atoms with Crippen molar-refractivity contribution in [2.24, 2.45) is 0 Å². The first-order valence-electron chi connectivity index (χ1n) is 6.97. The van der Waals surface area contributed by atoms with Crippen LogP contribution in [0, 0.1) is 0 Å². The molecular formula is C15H21NO2. The predicted molar refractivity (Wildman–Crippen MR) is 70.8 cm³/mol. The molecule has 1 atom stereocenters. The van der Waals surface area contributed by atoms with Gasteiger partial charge in [-0.15, -0.1) is 0 Å². The molecule has 1 saturated carbocycles. The van der Waals surface area contributed by atoms with Gasteiger partial charge in [-0.2, -0.15) is 0 Å². The largest absolute Gasteiger partial charge is 0.491 e. The molecule has 1 unspecified atom stereocenters. The minimum absolute atomic E-state index is 0.290. The second-order valence-corrected chi connectivity index (χ2v) is 5.25. The summed E-state index contributed by atoms with van der Waals surface area (Å²) in [7, 11) is 0. The van der Waals surface area contributed by atoms with Crippen LogP contribution in [-0.4, -0.2) is 25.4 Å². The second-order valence-electron chi connectivity index (χ2n) is 5.25. The van der Waals surface area contributed by atoms with Gasteiger partial charge in [0.1, 0.15) is 12.4 Å². The van der Waals surface area contributed by atoms with E-state index < -0.39 is 0 Å². The van der Waals surface area contributed by atoms with Gasteiger partial charge in [-0.05, 0) is 43.4 Å². The van der Waals surface area contributed by atoms with Crippen LogP contribution in [0.2, 0.25) is 0 Å². The van der Waals surface area contributed by atoms with E-state index in [9.17, 15) is 0 Å². The van der Waals surface area contributed by atoms with Gasteiger partial charge in [0.2, 0.25) is 0 Å². The minimum Gasteiger partial charge on any atom is -0.491 e. The Balaban J connectivity index is 1.49. The van der Waals surface area contributed by atoms with E-state index in [0.717, 1.165) is 31.4 Å². The minimum atomic E-state index is 0.290. The first kappa shape index (κ1) is 12.0. The van der Waals surface area contributed by atoms with E-state index in [2.05, 4.69) is 23.5 Å². The van der Waals surface area contributed by atoms with Crippen molar-refractivity contribution in [2.75, 3.05) is 13.2 Å². The Morgan fingerprint density at radius 2 is 2.22 bits per heavy atom. The summed E-state index contributed by atoms with van der Waals surface area (Å²) in [5.41, 5.74) is 1.30. The van der Waals surface area contributed by atoms with Crippen molar-refractivity contribution in [2.45, 2.75) is 44.4 Å². The van der Waals surface area contributed by atoms with Gasteiger partial charge in [0.15, 0.2) is 0 Å². The van der Waals surface area contributed by atoms with Gasteiger partial charge in [0.05, 0.1) is 6.10 Å². The lowest BCUT2D eigenvalue weighted by molar-refractivity contribution is 0.0679. The summed E-state index contributed by atoms with van der Waals surface area (Å²) < 4.78 is 11.4. The monoisotopic (exact) mass is 247 g/mol. The highest BCUT2D eigenvalue weighted by Crippen LogP contribution is 2.21. The number of nitrogens with one attached hydrogen (secondary N) is 1. The number of hydrogen-bond donors (Lipinski definition) is 1. The van der Waals surface area contributed by atoms with Crippen molar-refractivity contribution in [1.29, 1.82) is 0 Å². The number of hydrogen-bond acceptors (Lipinski definition) is 3. The number of benzene rings is 1. The Morgan fingerprint density at radius 1 is 1.28 bits per heavy atom. The molecule has 0 spiro atoms. The third-order valence-corrected chi connectivity index (χ3v) is 3.53. The lowest BCUT2D eigenvalue weighted by atomic mass is 10.2. The SMILES string of the molecule is c1cc(CNC2CC2)cc(OCC2CCCO2)c1. The fourth-order valence-corrected chi connectivity index (χ4v) is 2.26. The van der Waals surface area contributed by atoms with E-state index in [1.165, 1.54) is 24.8 Å². The Bertz CT molecular complexity index is 384. The van der Waals surface area contributed by atoms with Crippen LogP contribution in [0.3, 0.4) is 0 Å². The smallest absolute Gasteiger partial charge is 0.119 e. The molecule has 3 rings (SSSR count). The van der Waals surface area contributed by atoms with Gasteiger partial charge < -0.3 is 14.8 Å². The van der Waals surface area contributed by atoms with E-state index in [-0.39, 0.29) is 0 Å². The highest BCUT2D eigenvalue weighted by molar-refractivity contribution is 5.28. The summed E-state index contributed by atoms with van der Waals surface area (Å²) in [4.78, 5) is 0. The average molecular weight is 247 g/mol. The lowest BCUT2D eigenvalue weighted by Gasteiger charge is -2.12. The molecule has 98 valence electrons. The summed E-state index contributed by atoms with van der Waals surface area (Å²) in [5.74, 6) is 0.959. The van der Waals surface area contributed by atoms with Gasteiger partial charge in [0.25, 0.3) is 0 Å². The van der Waals surface area contributed by atoms with Gasteiger partial charge >= 0.3 is 0 Å². The van der Waals surface area contributed by atoms with Crippen molar-refractivity contribution in [3.05, 3.63) is 29.8 Å². The van der Waals surface area contributed by atoms with Crippen LogP contribution in [0.5, 0.6) is 5.75 Å².